The zero-order valence-electron chi connectivity index (χ0n) is 16.5. The number of rotatable bonds is 6. The van der Waals surface area contributed by atoms with Gasteiger partial charge in [-0.15, -0.1) is 0 Å². The zero-order chi connectivity index (χ0) is 19.4. The van der Waals surface area contributed by atoms with E-state index in [2.05, 4.69) is 24.0 Å². The number of hydrogen-bond donors (Lipinski definition) is 1. The van der Waals surface area contributed by atoms with Crippen LogP contribution in [0.15, 0.2) is 48.5 Å². The van der Waals surface area contributed by atoms with Crippen molar-refractivity contribution in [2.24, 2.45) is 5.92 Å². The van der Waals surface area contributed by atoms with Crippen LogP contribution in [-0.4, -0.2) is 36.8 Å². The molecule has 146 valence electrons. The first-order chi connectivity index (χ1) is 12.9. The Kier molecular flexibility index (Phi) is 6.30. The summed E-state index contributed by atoms with van der Waals surface area (Å²) in [6.07, 6.45) is 2.41. The van der Waals surface area contributed by atoms with E-state index in [0.29, 0.717) is 13.0 Å². The van der Waals surface area contributed by atoms with Gasteiger partial charge in [-0.05, 0) is 63.5 Å². The third-order valence-electron chi connectivity index (χ3n) is 5.57. The first-order valence-electron chi connectivity index (χ1n) is 9.67. The van der Waals surface area contributed by atoms with Crippen molar-refractivity contribution in [2.45, 2.75) is 44.5 Å². The number of aliphatic hydroxyl groups is 1. The van der Waals surface area contributed by atoms with Crippen LogP contribution in [0.1, 0.15) is 36.0 Å². The molecule has 3 unspecified atom stereocenters. The maximum absolute atomic E-state index is 13.1. The van der Waals surface area contributed by atoms with Gasteiger partial charge in [-0.25, -0.2) is 4.39 Å². The van der Waals surface area contributed by atoms with Crippen molar-refractivity contribution in [2.75, 3.05) is 20.6 Å². The summed E-state index contributed by atoms with van der Waals surface area (Å²) in [7, 11) is 4.08. The van der Waals surface area contributed by atoms with Gasteiger partial charge in [0.05, 0.1) is 18.3 Å². The summed E-state index contributed by atoms with van der Waals surface area (Å²) in [4.78, 5) is 2.13. The highest BCUT2D eigenvalue weighted by Crippen LogP contribution is 2.43. The van der Waals surface area contributed by atoms with Crippen LogP contribution in [-0.2, 0) is 16.9 Å². The number of aryl methyl sites for hydroxylation is 1. The Morgan fingerprint density at radius 3 is 2.59 bits per heavy atom. The molecule has 1 fully saturated rings. The standard InChI is InChI=1S/C23H30FNO2/c1-17-5-4-6-19(13-17)23(26)12-11-22(14-20(23)15-25(2)3)27-16-18-7-9-21(24)10-8-18/h4-10,13,20,22,26H,11-12,14-16H2,1-3H3. The van der Waals surface area contributed by atoms with Gasteiger partial charge in [-0.3, -0.25) is 0 Å². The van der Waals surface area contributed by atoms with Crippen molar-refractivity contribution in [3.63, 3.8) is 0 Å². The van der Waals surface area contributed by atoms with E-state index in [1.165, 1.54) is 17.7 Å². The predicted octanol–water partition coefficient (Wildman–Crippen LogP) is 4.27. The third kappa shape index (κ3) is 4.95. The average molecular weight is 371 g/mol. The van der Waals surface area contributed by atoms with Gasteiger partial charge in [0.25, 0.3) is 0 Å². The summed E-state index contributed by atoms with van der Waals surface area (Å²) in [5.41, 5.74) is 2.32. The molecule has 0 amide bonds. The van der Waals surface area contributed by atoms with Crippen molar-refractivity contribution in [3.8, 4) is 0 Å². The van der Waals surface area contributed by atoms with Gasteiger partial charge in [-0.2, -0.15) is 0 Å². The lowest BCUT2D eigenvalue weighted by molar-refractivity contribution is -0.110. The van der Waals surface area contributed by atoms with Crippen molar-refractivity contribution in [3.05, 3.63) is 71.0 Å². The quantitative estimate of drug-likeness (QED) is 0.823. The van der Waals surface area contributed by atoms with E-state index < -0.39 is 5.60 Å². The van der Waals surface area contributed by atoms with Crippen LogP contribution in [0, 0.1) is 18.7 Å². The highest BCUT2D eigenvalue weighted by molar-refractivity contribution is 5.29. The van der Waals surface area contributed by atoms with Crippen LogP contribution >= 0.6 is 0 Å². The summed E-state index contributed by atoms with van der Waals surface area (Å²) in [5, 5.41) is 11.6. The lowest BCUT2D eigenvalue weighted by atomic mass is 9.70. The molecule has 2 aromatic carbocycles. The molecule has 27 heavy (non-hydrogen) atoms. The van der Waals surface area contributed by atoms with Gasteiger partial charge >= 0.3 is 0 Å². The number of benzene rings is 2. The molecule has 0 spiro atoms. The molecule has 0 bridgehead atoms. The van der Waals surface area contributed by atoms with Gasteiger partial charge in [-0.1, -0.05) is 42.0 Å². The fourth-order valence-corrected chi connectivity index (χ4v) is 4.12. The highest BCUT2D eigenvalue weighted by atomic mass is 19.1. The second-order valence-electron chi connectivity index (χ2n) is 8.09. The summed E-state index contributed by atoms with van der Waals surface area (Å²) in [5.74, 6) is -0.132. The number of halogens is 1. The Morgan fingerprint density at radius 1 is 1.19 bits per heavy atom. The smallest absolute Gasteiger partial charge is 0.123 e. The van der Waals surface area contributed by atoms with E-state index in [9.17, 15) is 9.50 Å². The number of hydrogen-bond acceptors (Lipinski definition) is 3. The average Bonchev–Trinajstić information content (AvgIpc) is 2.63. The monoisotopic (exact) mass is 371 g/mol. The normalized spacial score (nSPS) is 25.7. The minimum Gasteiger partial charge on any atom is -0.385 e. The molecule has 3 nitrogen and oxygen atoms in total. The number of ether oxygens (including phenoxy) is 1. The maximum Gasteiger partial charge on any atom is 0.123 e. The van der Waals surface area contributed by atoms with E-state index >= 15 is 0 Å². The molecule has 3 rings (SSSR count). The van der Waals surface area contributed by atoms with Crippen molar-refractivity contribution in [1.29, 1.82) is 0 Å². The lowest BCUT2D eigenvalue weighted by Gasteiger charge is -2.44. The van der Waals surface area contributed by atoms with Crippen molar-refractivity contribution in [1.82, 2.24) is 4.90 Å². The molecule has 0 aromatic heterocycles. The van der Waals surface area contributed by atoms with Crippen LogP contribution in [0.2, 0.25) is 0 Å². The van der Waals surface area contributed by atoms with Gasteiger partial charge in [0, 0.05) is 12.5 Å². The molecule has 0 radical (unpaired) electrons. The van der Waals surface area contributed by atoms with Gasteiger partial charge in [0.15, 0.2) is 0 Å². The Balaban J connectivity index is 1.71. The van der Waals surface area contributed by atoms with Crippen LogP contribution in [0.3, 0.4) is 0 Å². The molecule has 0 heterocycles. The van der Waals surface area contributed by atoms with E-state index in [4.69, 9.17) is 4.74 Å². The Bertz CT molecular complexity index is 746. The van der Waals surface area contributed by atoms with E-state index in [1.807, 2.05) is 26.2 Å². The zero-order valence-corrected chi connectivity index (χ0v) is 16.5. The first kappa shape index (κ1) is 20.0. The minimum absolute atomic E-state index is 0.0984. The van der Waals surface area contributed by atoms with Crippen molar-refractivity contribution >= 4 is 0 Å². The second-order valence-corrected chi connectivity index (χ2v) is 8.09. The molecular weight excluding hydrogens is 341 g/mol. The van der Waals surface area contributed by atoms with E-state index in [1.54, 1.807) is 12.1 Å². The fourth-order valence-electron chi connectivity index (χ4n) is 4.12. The van der Waals surface area contributed by atoms with Crippen LogP contribution in [0.5, 0.6) is 0 Å². The van der Waals surface area contributed by atoms with E-state index in [0.717, 1.165) is 30.5 Å². The third-order valence-corrected chi connectivity index (χ3v) is 5.57. The van der Waals surface area contributed by atoms with Crippen LogP contribution < -0.4 is 0 Å². The molecule has 1 aliphatic rings. The highest BCUT2D eigenvalue weighted by Gasteiger charge is 2.43. The predicted molar refractivity (Wildman–Crippen MR) is 106 cm³/mol. The largest absolute Gasteiger partial charge is 0.385 e. The maximum atomic E-state index is 13.1. The Morgan fingerprint density at radius 2 is 1.93 bits per heavy atom. The molecule has 1 aliphatic carbocycles. The van der Waals surface area contributed by atoms with Crippen LogP contribution in [0.25, 0.3) is 0 Å². The topological polar surface area (TPSA) is 32.7 Å². The molecule has 0 saturated heterocycles. The molecule has 0 aliphatic heterocycles. The number of nitrogens with zero attached hydrogens (tertiary/aromatic N) is 1. The fraction of sp³-hybridized carbons (Fsp3) is 0.478. The lowest BCUT2D eigenvalue weighted by Crippen LogP contribution is -2.46. The van der Waals surface area contributed by atoms with Gasteiger partial charge in [0.1, 0.15) is 5.82 Å². The van der Waals surface area contributed by atoms with Crippen LogP contribution in [0.4, 0.5) is 4.39 Å². The Hall–Kier alpha value is -1.75. The van der Waals surface area contributed by atoms with E-state index in [-0.39, 0.29) is 17.8 Å². The molecule has 4 heteroatoms. The summed E-state index contributed by atoms with van der Waals surface area (Å²) in [6.45, 7) is 3.34. The molecule has 1 saturated carbocycles. The SMILES string of the molecule is Cc1cccc(C2(O)CCC(OCc3ccc(F)cc3)CC2CN(C)C)c1. The first-order valence-corrected chi connectivity index (χ1v) is 9.67. The minimum atomic E-state index is -0.827. The molecular formula is C23H30FNO2. The molecule has 2 aromatic rings. The summed E-state index contributed by atoms with van der Waals surface area (Å²) < 4.78 is 19.2. The molecule has 1 N–H and O–H groups in total. The summed E-state index contributed by atoms with van der Waals surface area (Å²) >= 11 is 0. The van der Waals surface area contributed by atoms with Crippen molar-refractivity contribution < 1.29 is 14.2 Å². The second kappa shape index (κ2) is 8.51. The molecule has 3 atom stereocenters. The Labute approximate surface area is 161 Å². The summed E-state index contributed by atoms with van der Waals surface area (Å²) in [6, 6.07) is 14.7. The van der Waals surface area contributed by atoms with Gasteiger partial charge in [0.2, 0.25) is 0 Å². The van der Waals surface area contributed by atoms with Gasteiger partial charge < -0.3 is 14.7 Å².